The summed E-state index contributed by atoms with van der Waals surface area (Å²) in [6, 6.07) is 0. The highest BCUT2D eigenvalue weighted by Crippen LogP contribution is 2.30. The summed E-state index contributed by atoms with van der Waals surface area (Å²) in [4.78, 5) is 22.2. The second-order valence-electron chi connectivity index (χ2n) is 3.31. The second kappa shape index (κ2) is 6.07. The number of aliphatic carboxylic acids is 2. The fourth-order valence-corrected chi connectivity index (χ4v) is 1.56. The molecule has 2 atom stereocenters. The van der Waals surface area contributed by atoms with Crippen LogP contribution in [0, 0.1) is 5.92 Å². The van der Waals surface area contributed by atoms with Gasteiger partial charge >= 0.3 is 11.9 Å². The predicted octanol–water partition coefficient (Wildman–Crippen LogP) is 1.31. The molecule has 16 heavy (non-hydrogen) atoms. The van der Waals surface area contributed by atoms with Gasteiger partial charge in [-0.05, 0) is 6.42 Å². The number of methoxy groups -OCH3 is 1. The van der Waals surface area contributed by atoms with Crippen LogP contribution in [0.25, 0.3) is 0 Å². The number of rotatable bonds is 8. The number of carbonyl (C=O) groups is 2. The van der Waals surface area contributed by atoms with E-state index in [0.717, 1.165) is 0 Å². The average molecular weight is 228 g/mol. The van der Waals surface area contributed by atoms with Crippen LogP contribution >= 0.6 is 0 Å². The Bertz CT molecular complexity index is 297. The first-order chi connectivity index (χ1) is 7.46. The van der Waals surface area contributed by atoms with E-state index in [1.807, 2.05) is 0 Å². The summed E-state index contributed by atoms with van der Waals surface area (Å²) < 4.78 is 4.92. The van der Waals surface area contributed by atoms with Gasteiger partial charge in [-0.25, -0.2) is 4.79 Å². The molecule has 2 unspecified atom stereocenters. The smallest absolute Gasteiger partial charge is 0.337 e. The lowest BCUT2D eigenvalue weighted by molar-refractivity contribution is -0.178. The molecule has 0 heterocycles. The third kappa shape index (κ3) is 2.70. The molecule has 0 aliphatic heterocycles. The number of hydrogen-bond acceptors (Lipinski definition) is 3. The maximum absolute atomic E-state index is 11.2. The summed E-state index contributed by atoms with van der Waals surface area (Å²) in [5.74, 6) is -3.74. The van der Waals surface area contributed by atoms with Gasteiger partial charge in [-0.1, -0.05) is 12.2 Å². The van der Waals surface area contributed by atoms with Crippen molar-refractivity contribution in [2.75, 3.05) is 7.11 Å². The molecule has 0 saturated carbocycles. The zero-order valence-corrected chi connectivity index (χ0v) is 9.18. The van der Waals surface area contributed by atoms with Gasteiger partial charge in [0.2, 0.25) is 0 Å². The predicted molar refractivity (Wildman–Crippen MR) is 58.1 cm³/mol. The molecular formula is C11H16O5. The van der Waals surface area contributed by atoms with E-state index in [1.54, 1.807) is 0 Å². The Morgan fingerprint density at radius 2 is 1.94 bits per heavy atom. The molecule has 0 rings (SSSR count). The topological polar surface area (TPSA) is 83.8 Å². The molecule has 0 spiro atoms. The van der Waals surface area contributed by atoms with Gasteiger partial charge in [0, 0.05) is 13.5 Å². The van der Waals surface area contributed by atoms with Gasteiger partial charge in [0.05, 0.1) is 0 Å². The van der Waals surface area contributed by atoms with E-state index < -0.39 is 23.5 Å². The minimum absolute atomic E-state index is 0.0172. The Labute approximate surface area is 94.0 Å². The molecule has 5 nitrogen and oxygen atoms in total. The standard InChI is InChI=1S/C11H16O5/c1-4-6-8(9(12)13)11(16-3,7-5-2)10(14)15/h4-5,8H,1-2,6-7H2,3H3,(H,12,13)(H,14,15). The fourth-order valence-electron chi connectivity index (χ4n) is 1.56. The quantitative estimate of drug-likeness (QED) is 0.612. The SMILES string of the molecule is C=CCC(C(=O)O)C(CC=C)(OC)C(=O)O. The van der Waals surface area contributed by atoms with Gasteiger partial charge in [-0.15, -0.1) is 13.2 Å². The van der Waals surface area contributed by atoms with Gasteiger partial charge < -0.3 is 14.9 Å². The Morgan fingerprint density at radius 1 is 1.38 bits per heavy atom. The van der Waals surface area contributed by atoms with Gasteiger partial charge in [0.1, 0.15) is 5.92 Å². The van der Waals surface area contributed by atoms with E-state index in [9.17, 15) is 9.59 Å². The largest absolute Gasteiger partial charge is 0.481 e. The zero-order chi connectivity index (χ0) is 12.8. The van der Waals surface area contributed by atoms with Crippen molar-refractivity contribution in [1.29, 1.82) is 0 Å². The third-order valence-corrected chi connectivity index (χ3v) is 2.44. The highest BCUT2D eigenvalue weighted by molar-refractivity contribution is 5.86. The highest BCUT2D eigenvalue weighted by Gasteiger charge is 2.48. The summed E-state index contributed by atoms with van der Waals surface area (Å²) in [5, 5.41) is 18.2. The minimum atomic E-state index is -1.79. The van der Waals surface area contributed by atoms with Gasteiger partial charge in [0.15, 0.2) is 5.60 Å². The molecular weight excluding hydrogens is 212 g/mol. The molecule has 0 aliphatic carbocycles. The Balaban J connectivity index is 5.39. The molecule has 0 aromatic rings. The van der Waals surface area contributed by atoms with Crippen LogP contribution in [0.2, 0.25) is 0 Å². The minimum Gasteiger partial charge on any atom is -0.481 e. The highest BCUT2D eigenvalue weighted by atomic mass is 16.5. The number of carboxylic acids is 2. The van der Waals surface area contributed by atoms with Gasteiger partial charge in [-0.3, -0.25) is 4.79 Å². The zero-order valence-electron chi connectivity index (χ0n) is 9.18. The molecule has 5 heteroatoms. The molecule has 0 radical (unpaired) electrons. The number of allylic oxidation sites excluding steroid dienone is 1. The summed E-state index contributed by atoms with van der Waals surface area (Å²) in [6.45, 7) is 6.83. The first-order valence-electron chi connectivity index (χ1n) is 4.69. The molecule has 0 aromatic carbocycles. The van der Waals surface area contributed by atoms with Gasteiger partial charge in [-0.2, -0.15) is 0 Å². The van der Waals surface area contributed by atoms with Gasteiger partial charge in [0.25, 0.3) is 0 Å². The molecule has 2 N–H and O–H groups in total. The van der Waals surface area contributed by atoms with E-state index in [1.165, 1.54) is 19.3 Å². The van der Waals surface area contributed by atoms with Crippen molar-refractivity contribution >= 4 is 11.9 Å². The molecule has 0 aromatic heterocycles. The molecule has 90 valence electrons. The third-order valence-electron chi connectivity index (χ3n) is 2.44. The summed E-state index contributed by atoms with van der Waals surface area (Å²) >= 11 is 0. The first kappa shape index (κ1) is 14.4. The van der Waals surface area contributed by atoms with E-state index >= 15 is 0 Å². The van der Waals surface area contributed by atoms with Crippen molar-refractivity contribution in [1.82, 2.24) is 0 Å². The normalized spacial score (nSPS) is 15.8. The van der Waals surface area contributed by atoms with Crippen molar-refractivity contribution in [2.24, 2.45) is 5.92 Å². The summed E-state index contributed by atoms with van der Waals surface area (Å²) in [5.41, 5.74) is -1.79. The van der Waals surface area contributed by atoms with Crippen molar-refractivity contribution in [3.05, 3.63) is 25.3 Å². The summed E-state index contributed by atoms with van der Waals surface area (Å²) in [7, 11) is 1.18. The molecule has 0 bridgehead atoms. The first-order valence-corrected chi connectivity index (χ1v) is 4.69. The van der Waals surface area contributed by atoms with Crippen LogP contribution < -0.4 is 0 Å². The van der Waals surface area contributed by atoms with Crippen molar-refractivity contribution in [3.8, 4) is 0 Å². The van der Waals surface area contributed by atoms with Crippen LogP contribution in [-0.4, -0.2) is 34.9 Å². The number of carboxylic acid groups (broad SMARTS) is 2. The van der Waals surface area contributed by atoms with Crippen LogP contribution in [0.15, 0.2) is 25.3 Å². The van der Waals surface area contributed by atoms with Crippen LogP contribution in [0.5, 0.6) is 0 Å². The number of hydrogen-bond donors (Lipinski definition) is 2. The monoisotopic (exact) mass is 228 g/mol. The fraction of sp³-hybridized carbons (Fsp3) is 0.455. The lowest BCUT2D eigenvalue weighted by Gasteiger charge is -2.32. The van der Waals surface area contributed by atoms with Crippen molar-refractivity contribution < 1.29 is 24.5 Å². The lowest BCUT2D eigenvalue weighted by atomic mass is 9.82. The van der Waals surface area contributed by atoms with Crippen LogP contribution in [-0.2, 0) is 14.3 Å². The second-order valence-corrected chi connectivity index (χ2v) is 3.31. The average Bonchev–Trinajstić information content (AvgIpc) is 2.22. The van der Waals surface area contributed by atoms with E-state index in [-0.39, 0.29) is 12.8 Å². The Morgan fingerprint density at radius 3 is 2.19 bits per heavy atom. The Hall–Kier alpha value is -1.62. The molecule has 0 aliphatic rings. The summed E-state index contributed by atoms with van der Waals surface area (Å²) in [6.07, 6.45) is 2.63. The molecule has 0 fully saturated rings. The van der Waals surface area contributed by atoms with E-state index in [4.69, 9.17) is 14.9 Å². The Kier molecular flexibility index (Phi) is 5.46. The lowest BCUT2D eigenvalue weighted by Crippen LogP contribution is -2.50. The van der Waals surface area contributed by atoms with Crippen LogP contribution in [0.4, 0.5) is 0 Å². The van der Waals surface area contributed by atoms with Crippen LogP contribution in [0.3, 0.4) is 0 Å². The maximum Gasteiger partial charge on any atom is 0.337 e. The molecule has 0 amide bonds. The molecule has 0 saturated heterocycles. The van der Waals surface area contributed by atoms with Crippen molar-refractivity contribution in [2.45, 2.75) is 18.4 Å². The van der Waals surface area contributed by atoms with Crippen molar-refractivity contribution in [3.63, 3.8) is 0 Å². The van der Waals surface area contributed by atoms with Crippen LogP contribution in [0.1, 0.15) is 12.8 Å². The number of ether oxygens (including phenoxy) is 1. The van der Waals surface area contributed by atoms with E-state index in [0.29, 0.717) is 0 Å². The van der Waals surface area contributed by atoms with E-state index in [2.05, 4.69) is 13.2 Å². The maximum atomic E-state index is 11.2.